The van der Waals surface area contributed by atoms with Gasteiger partial charge in [0.15, 0.2) is 0 Å². The molecule has 1 aromatic rings. The Bertz CT molecular complexity index is 272. The molecule has 13 heavy (non-hydrogen) atoms. The molecule has 0 spiro atoms. The van der Waals surface area contributed by atoms with Gasteiger partial charge in [0.25, 0.3) is 0 Å². The molecule has 0 radical (unpaired) electrons. The number of hydrogen-bond donors (Lipinski definition) is 0. The molecule has 3 heteroatoms. The lowest BCUT2D eigenvalue weighted by Crippen LogP contribution is -2.15. The average Bonchev–Trinajstić information content (AvgIpc) is 2.58. The van der Waals surface area contributed by atoms with Crippen LogP contribution in [0.25, 0.3) is 0 Å². The Morgan fingerprint density at radius 1 is 1.62 bits per heavy atom. The number of rotatable bonds is 4. The summed E-state index contributed by atoms with van der Waals surface area (Å²) in [6.45, 7) is 0.968. The molecule has 1 unspecified atom stereocenters. The van der Waals surface area contributed by atoms with Gasteiger partial charge in [-0.2, -0.15) is 5.26 Å². The lowest BCUT2D eigenvalue weighted by Gasteiger charge is -2.11. The maximum atomic E-state index is 8.95. The van der Waals surface area contributed by atoms with E-state index >= 15 is 0 Å². The first-order valence-corrected chi connectivity index (χ1v) is 5.19. The Balaban J connectivity index is 2.51. The fourth-order valence-corrected chi connectivity index (χ4v) is 1.95. The largest absolute Gasteiger partial charge is 0.309 e. The summed E-state index contributed by atoms with van der Waals surface area (Å²) < 4.78 is 0. The fourth-order valence-electron chi connectivity index (χ4n) is 1.15. The second-order valence-corrected chi connectivity index (χ2v) is 4.27. The van der Waals surface area contributed by atoms with E-state index in [1.165, 1.54) is 4.88 Å². The molecule has 2 nitrogen and oxygen atoms in total. The highest BCUT2D eigenvalue weighted by Crippen LogP contribution is 2.23. The molecule has 0 saturated heterocycles. The third kappa shape index (κ3) is 3.17. The van der Waals surface area contributed by atoms with Gasteiger partial charge in [0.1, 0.15) is 0 Å². The molecule has 0 N–H and O–H groups in total. The van der Waals surface area contributed by atoms with Crippen molar-refractivity contribution in [2.45, 2.75) is 12.3 Å². The minimum Gasteiger partial charge on any atom is -0.309 e. The lowest BCUT2D eigenvalue weighted by atomic mass is 10.1. The van der Waals surface area contributed by atoms with E-state index in [9.17, 15) is 0 Å². The fraction of sp³-hybridized carbons (Fsp3) is 0.500. The summed E-state index contributed by atoms with van der Waals surface area (Å²) in [6.07, 6.45) is 0.921. The monoisotopic (exact) mass is 194 g/mol. The highest BCUT2D eigenvalue weighted by atomic mass is 32.1. The Hall–Kier alpha value is -0.850. The molecule has 1 aromatic heterocycles. The smallest absolute Gasteiger partial charge is 0.0818 e. The van der Waals surface area contributed by atoms with Crippen LogP contribution in [0.2, 0.25) is 0 Å². The van der Waals surface area contributed by atoms with Gasteiger partial charge >= 0.3 is 0 Å². The number of nitriles is 1. The van der Waals surface area contributed by atoms with Gasteiger partial charge in [-0.05, 0) is 38.5 Å². The Kier molecular flexibility index (Phi) is 3.94. The summed E-state index contributed by atoms with van der Waals surface area (Å²) in [5, 5.41) is 11.0. The molecule has 70 valence electrons. The quantitative estimate of drug-likeness (QED) is 0.735. The minimum atomic E-state index is 0.0717. The van der Waals surface area contributed by atoms with Crippen LogP contribution in [-0.4, -0.2) is 25.5 Å². The zero-order valence-corrected chi connectivity index (χ0v) is 8.84. The highest BCUT2D eigenvalue weighted by Gasteiger charge is 2.11. The summed E-state index contributed by atoms with van der Waals surface area (Å²) >= 11 is 1.67. The van der Waals surface area contributed by atoms with Crippen molar-refractivity contribution in [1.29, 1.82) is 5.26 Å². The van der Waals surface area contributed by atoms with Crippen LogP contribution in [0, 0.1) is 11.3 Å². The van der Waals surface area contributed by atoms with Crippen LogP contribution in [0.4, 0.5) is 0 Å². The van der Waals surface area contributed by atoms with Crippen molar-refractivity contribution < 1.29 is 0 Å². The van der Waals surface area contributed by atoms with Crippen LogP contribution in [-0.2, 0) is 0 Å². The van der Waals surface area contributed by atoms with Crippen molar-refractivity contribution in [3.05, 3.63) is 22.4 Å². The molecule has 0 aliphatic heterocycles. The van der Waals surface area contributed by atoms with Crippen LogP contribution in [0.5, 0.6) is 0 Å². The SMILES string of the molecule is CN(C)CCC(C#N)c1cccs1. The van der Waals surface area contributed by atoms with Crippen LogP contribution in [0.3, 0.4) is 0 Å². The maximum absolute atomic E-state index is 8.95. The van der Waals surface area contributed by atoms with E-state index in [-0.39, 0.29) is 5.92 Å². The van der Waals surface area contributed by atoms with E-state index in [0.29, 0.717) is 0 Å². The second-order valence-electron chi connectivity index (χ2n) is 3.29. The molecule has 1 atom stereocenters. The van der Waals surface area contributed by atoms with Crippen LogP contribution < -0.4 is 0 Å². The van der Waals surface area contributed by atoms with Crippen molar-refractivity contribution in [2.24, 2.45) is 0 Å². The van der Waals surface area contributed by atoms with E-state index in [1.54, 1.807) is 11.3 Å². The van der Waals surface area contributed by atoms with Gasteiger partial charge in [0.2, 0.25) is 0 Å². The molecule has 1 rings (SSSR count). The molecule has 0 aliphatic rings. The van der Waals surface area contributed by atoms with Crippen molar-refractivity contribution >= 4 is 11.3 Å². The van der Waals surface area contributed by atoms with Crippen LogP contribution in [0.15, 0.2) is 17.5 Å². The molecule has 0 aliphatic carbocycles. The van der Waals surface area contributed by atoms with E-state index in [1.807, 2.05) is 31.6 Å². The summed E-state index contributed by atoms with van der Waals surface area (Å²) in [4.78, 5) is 3.29. The first kappa shape index (κ1) is 10.2. The van der Waals surface area contributed by atoms with Gasteiger partial charge < -0.3 is 4.90 Å². The van der Waals surface area contributed by atoms with Crippen molar-refractivity contribution in [3.63, 3.8) is 0 Å². The molecular weight excluding hydrogens is 180 g/mol. The van der Waals surface area contributed by atoms with Crippen molar-refractivity contribution in [3.8, 4) is 6.07 Å². The molecular formula is C10H14N2S. The van der Waals surface area contributed by atoms with Crippen molar-refractivity contribution in [1.82, 2.24) is 4.90 Å². The highest BCUT2D eigenvalue weighted by molar-refractivity contribution is 7.10. The third-order valence-corrected chi connectivity index (χ3v) is 2.89. The van der Waals surface area contributed by atoms with Gasteiger partial charge in [0.05, 0.1) is 12.0 Å². The third-order valence-electron chi connectivity index (χ3n) is 1.91. The van der Waals surface area contributed by atoms with E-state index in [0.717, 1.165) is 13.0 Å². The zero-order valence-electron chi connectivity index (χ0n) is 8.03. The zero-order chi connectivity index (χ0) is 9.68. The molecule has 0 fully saturated rings. The Morgan fingerprint density at radius 3 is 2.85 bits per heavy atom. The molecule has 1 heterocycles. The van der Waals surface area contributed by atoms with E-state index < -0.39 is 0 Å². The number of nitrogens with zero attached hydrogens (tertiary/aromatic N) is 2. The molecule has 0 bridgehead atoms. The van der Waals surface area contributed by atoms with Gasteiger partial charge in [-0.25, -0.2) is 0 Å². The van der Waals surface area contributed by atoms with E-state index in [2.05, 4.69) is 11.0 Å². The predicted molar refractivity (Wildman–Crippen MR) is 55.8 cm³/mol. The summed E-state index contributed by atoms with van der Waals surface area (Å²) in [5.41, 5.74) is 0. The normalized spacial score (nSPS) is 12.8. The van der Waals surface area contributed by atoms with Gasteiger partial charge in [-0.3, -0.25) is 0 Å². The van der Waals surface area contributed by atoms with Crippen LogP contribution in [0.1, 0.15) is 17.2 Å². The summed E-state index contributed by atoms with van der Waals surface area (Å²) in [6, 6.07) is 6.38. The van der Waals surface area contributed by atoms with Gasteiger partial charge in [-0.1, -0.05) is 6.07 Å². The topological polar surface area (TPSA) is 27.0 Å². The molecule has 0 amide bonds. The van der Waals surface area contributed by atoms with Gasteiger partial charge in [0, 0.05) is 4.88 Å². The standard InChI is InChI=1S/C10H14N2S/c1-12(2)6-5-9(8-11)10-4-3-7-13-10/h3-4,7,9H,5-6H2,1-2H3. The molecule has 0 aromatic carbocycles. The van der Waals surface area contributed by atoms with E-state index in [4.69, 9.17) is 5.26 Å². The van der Waals surface area contributed by atoms with Crippen molar-refractivity contribution in [2.75, 3.05) is 20.6 Å². The lowest BCUT2D eigenvalue weighted by molar-refractivity contribution is 0.394. The Labute approximate surface area is 83.4 Å². The Morgan fingerprint density at radius 2 is 2.38 bits per heavy atom. The summed E-state index contributed by atoms with van der Waals surface area (Å²) in [7, 11) is 4.06. The second kappa shape index (κ2) is 5.00. The number of thiophene rings is 1. The van der Waals surface area contributed by atoms with Crippen LogP contribution >= 0.6 is 11.3 Å². The first-order chi connectivity index (χ1) is 6.24. The minimum absolute atomic E-state index is 0.0717. The first-order valence-electron chi connectivity index (χ1n) is 4.32. The predicted octanol–water partition coefficient (Wildman–Crippen LogP) is 2.31. The van der Waals surface area contributed by atoms with Gasteiger partial charge in [-0.15, -0.1) is 11.3 Å². The summed E-state index contributed by atoms with van der Waals surface area (Å²) in [5.74, 6) is 0.0717. The average molecular weight is 194 g/mol. The maximum Gasteiger partial charge on any atom is 0.0818 e. The number of hydrogen-bond acceptors (Lipinski definition) is 3. The molecule has 0 saturated carbocycles.